The minimum atomic E-state index is -0.412. The van der Waals surface area contributed by atoms with Crippen LogP contribution < -0.4 is 5.32 Å². The first kappa shape index (κ1) is 16.5. The van der Waals surface area contributed by atoms with Crippen molar-refractivity contribution in [2.45, 2.75) is 39.2 Å². The maximum atomic E-state index is 13.2. The zero-order chi connectivity index (χ0) is 16.3. The molecule has 1 N–H and O–H groups in total. The Morgan fingerprint density at radius 1 is 1.23 bits per heavy atom. The van der Waals surface area contributed by atoms with E-state index in [0.717, 1.165) is 0 Å². The van der Waals surface area contributed by atoms with Gasteiger partial charge in [-0.15, -0.1) is 0 Å². The fourth-order valence-corrected chi connectivity index (χ4v) is 2.62. The summed E-state index contributed by atoms with van der Waals surface area (Å²) in [5, 5.41) is 2.98. The Kier molecular flexibility index (Phi) is 4.84. The summed E-state index contributed by atoms with van der Waals surface area (Å²) in [6.07, 6.45) is 1.28. The van der Waals surface area contributed by atoms with Crippen molar-refractivity contribution < 1.29 is 14.0 Å². The molecule has 0 aromatic heterocycles. The maximum absolute atomic E-state index is 13.2. The van der Waals surface area contributed by atoms with E-state index in [9.17, 15) is 14.0 Å². The van der Waals surface area contributed by atoms with Crippen molar-refractivity contribution >= 4 is 11.8 Å². The average molecular weight is 306 g/mol. The van der Waals surface area contributed by atoms with E-state index in [1.54, 1.807) is 11.0 Å². The van der Waals surface area contributed by atoms with Crippen LogP contribution in [0.4, 0.5) is 4.39 Å². The van der Waals surface area contributed by atoms with Crippen LogP contribution in [0.15, 0.2) is 24.3 Å². The molecule has 0 atom stereocenters. The molecule has 1 aliphatic rings. The predicted molar refractivity (Wildman–Crippen MR) is 82.9 cm³/mol. The van der Waals surface area contributed by atoms with Gasteiger partial charge >= 0.3 is 0 Å². The highest BCUT2D eigenvalue weighted by Gasteiger charge is 2.29. The average Bonchev–Trinajstić information content (AvgIpc) is 2.45. The molecule has 1 aliphatic heterocycles. The van der Waals surface area contributed by atoms with Gasteiger partial charge in [0.05, 0.1) is 0 Å². The Labute approximate surface area is 130 Å². The number of likely N-dealkylation sites (tertiary alicyclic amines) is 1. The van der Waals surface area contributed by atoms with Crippen LogP contribution in [-0.4, -0.2) is 35.3 Å². The van der Waals surface area contributed by atoms with Crippen LogP contribution in [0.25, 0.3) is 0 Å². The van der Waals surface area contributed by atoms with Gasteiger partial charge in [-0.3, -0.25) is 9.59 Å². The summed E-state index contributed by atoms with van der Waals surface area (Å²) in [6.45, 7) is 6.91. The van der Waals surface area contributed by atoms with E-state index in [1.807, 2.05) is 20.8 Å². The fourth-order valence-electron chi connectivity index (χ4n) is 2.62. The molecule has 1 aromatic carbocycles. The van der Waals surface area contributed by atoms with Gasteiger partial charge in [-0.25, -0.2) is 4.39 Å². The molecule has 0 radical (unpaired) electrons. The lowest BCUT2D eigenvalue weighted by Crippen LogP contribution is -2.47. The summed E-state index contributed by atoms with van der Waals surface area (Å²) >= 11 is 0. The standard InChI is InChI=1S/C17H23FN2O2/c1-17(2,3)19-15(21)12-7-9-20(10-8-12)16(22)13-5-4-6-14(18)11-13/h4-6,11-12H,7-10H2,1-3H3,(H,19,21). The number of halogens is 1. The van der Waals surface area contributed by atoms with E-state index in [4.69, 9.17) is 0 Å². The molecule has 0 bridgehead atoms. The van der Waals surface area contributed by atoms with Crippen molar-refractivity contribution in [2.24, 2.45) is 5.92 Å². The van der Waals surface area contributed by atoms with Crippen molar-refractivity contribution in [3.8, 4) is 0 Å². The van der Waals surface area contributed by atoms with Crippen molar-refractivity contribution in [3.05, 3.63) is 35.6 Å². The van der Waals surface area contributed by atoms with Crippen LogP contribution in [0.3, 0.4) is 0 Å². The topological polar surface area (TPSA) is 49.4 Å². The summed E-state index contributed by atoms with van der Waals surface area (Å²) in [5.41, 5.74) is 0.114. The van der Waals surface area contributed by atoms with Crippen molar-refractivity contribution in [1.29, 1.82) is 0 Å². The molecule has 1 fully saturated rings. The highest BCUT2D eigenvalue weighted by molar-refractivity contribution is 5.94. The molecule has 120 valence electrons. The Hall–Kier alpha value is -1.91. The summed E-state index contributed by atoms with van der Waals surface area (Å²) in [7, 11) is 0. The molecule has 2 amide bonds. The summed E-state index contributed by atoms with van der Waals surface area (Å²) < 4.78 is 13.2. The van der Waals surface area contributed by atoms with Crippen LogP contribution in [0.1, 0.15) is 44.0 Å². The first-order valence-electron chi connectivity index (χ1n) is 7.63. The van der Waals surface area contributed by atoms with Crippen molar-refractivity contribution in [3.63, 3.8) is 0 Å². The Morgan fingerprint density at radius 2 is 1.86 bits per heavy atom. The van der Waals surface area contributed by atoms with Crippen LogP contribution >= 0.6 is 0 Å². The third-order valence-electron chi connectivity index (χ3n) is 3.72. The molecule has 22 heavy (non-hydrogen) atoms. The minimum absolute atomic E-state index is 0.0466. The molecule has 0 spiro atoms. The number of carbonyl (C=O) groups excluding carboxylic acids is 2. The minimum Gasteiger partial charge on any atom is -0.351 e. The lowest BCUT2D eigenvalue weighted by atomic mass is 9.94. The van der Waals surface area contributed by atoms with Gasteiger partial charge in [-0.2, -0.15) is 0 Å². The van der Waals surface area contributed by atoms with Gasteiger partial charge in [-0.1, -0.05) is 6.07 Å². The Bertz CT molecular complexity index is 558. The van der Waals surface area contributed by atoms with Crippen molar-refractivity contribution in [2.75, 3.05) is 13.1 Å². The molecule has 0 aliphatic carbocycles. The maximum Gasteiger partial charge on any atom is 0.253 e. The van der Waals surface area contributed by atoms with Crippen LogP contribution in [0, 0.1) is 11.7 Å². The predicted octanol–water partition coefficient (Wildman–Crippen LogP) is 2.59. The number of nitrogens with zero attached hydrogens (tertiary/aromatic N) is 1. The highest BCUT2D eigenvalue weighted by Crippen LogP contribution is 2.20. The first-order chi connectivity index (χ1) is 10.3. The van der Waals surface area contributed by atoms with E-state index in [0.29, 0.717) is 31.5 Å². The largest absolute Gasteiger partial charge is 0.351 e. The van der Waals surface area contributed by atoms with Gasteiger partial charge in [0.15, 0.2) is 0 Å². The number of hydrogen-bond acceptors (Lipinski definition) is 2. The molecule has 1 saturated heterocycles. The molecule has 1 heterocycles. The van der Waals surface area contributed by atoms with Crippen molar-refractivity contribution in [1.82, 2.24) is 10.2 Å². The number of carbonyl (C=O) groups is 2. The first-order valence-corrected chi connectivity index (χ1v) is 7.63. The Balaban J connectivity index is 1.92. The molecule has 2 rings (SSSR count). The highest BCUT2D eigenvalue weighted by atomic mass is 19.1. The molecule has 1 aromatic rings. The Morgan fingerprint density at radius 3 is 2.41 bits per heavy atom. The number of piperidine rings is 1. The second-order valence-corrected chi connectivity index (χ2v) is 6.82. The molecule has 5 heteroatoms. The van der Waals surface area contributed by atoms with Gasteiger partial charge in [0.25, 0.3) is 5.91 Å². The van der Waals surface area contributed by atoms with Crippen LogP contribution in [0.5, 0.6) is 0 Å². The van der Waals surface area contributed by atoms with Crippen LogP contribution in [-0.2, 0) is 4.79 Å². The van der Waals surface area contributed by atoms with Gasteiger partial charge in [0.1, 0.15) is 5.82 Å². The molecular formula is C17H23FN2O2. The lowest BCUT2D eigenvalue weighted by molar-refractivity contribution is -0.127. The molecule has 4 nitrogen and oxygen atoms in total. The molecule has 0 unspecified atom stereocenters. The third-order valence-corrected chi connectivity index (χ3v) is 3.72. The van der Waals surface area contributed by atoms with E-state index in [-0.39, 0.29) is 23.3 Å². The van der Waals surface area contributed by atoms with Gasteiger partial charge in [0, 0.05) is 30.1 Å². The smallest absolute Gasteiger partial charge is 0.253 e. The summed E-state index contributed by atoms with van der Waals surface area (Å²) in [6, 6.07) is 5.72. The van der Waals surface area contributed by atoms with E-state index in [2.05, 4.69) is 5.32 Å². The van der Waals surface area contributed by atoms with Gasteiger partial charge < -0.3 is 10.2 Å². The normalized spacial score (nSPS) is 16.5. The third kappa shape index (κ3) is 4.29. The number of benzene rings is 1. The number of amides is 2. The second kappa shape index (κ2) is 6.46. The number of nitrogens with one attached hydrogen (secondary N) is 1. The zero-order valence-electron chi connectivity index (χ0n) is 13.4. The quantitative estimate of drug-likeness (QED) is 0.913. The number of hydrogen-bond donors (Lipinski definition) is 1. The van der Waals surface area contributed by atoms with Gasteiger partial charge in [-0.05, 0) is 51.8 Å². The monoisotopic (exact) mass is 306 g/mol. The molecular weight excluding hydrogens is 283 g/mol. The number of rotatable bonds is 2. The van der Waals surface area contributed by atoms with Crippen LogP contribution in [0.2, 0.25) is 0 Å². The van der Waals surface area contributed by atoms with E-state index in [1.165, 1.54) is 18.2 Å². The lowest BCUT2D eigenvalue weighted by Gasteiger charge is -2.33. The summed E-state index contributed by atoms with van der Waals surface area (Å²) in [4.78, 5) is 26.1. The second-order valence-electron chi connectivity index (χ2n) is 6.82. The van der Waals surface area contributed by atoms with E-state index >= 15 is 0 Å². The van der Waals surface area contributed by atoms with Gasteiger partial charge in [0.2, 0.25) is 5.91 Å². The molecule has 0 saturated carbocycles. The fraction of sp³-hybridized carbons (Fsp3) is 0.529. The summed E-state index contributed by atoms with van der Waals surface area (Å²) in [5.74, 6) is -0.597. The SMILES string of the molecule is CC(C)(C)NC(=O)C1CCN(C(=O)c2cccc(F)c2)CC1. The van der Waals surface area contributed by atoms with E-state index < -0.39 is 5.82 Å². The zero-order valence-corrected chi connectivity index (χ0v) is 13.4.